The number of nitrogens with two attached hydrogens (primary N) is 2. The quantitative estimate of drug-likeness (QED) is 0.160. The second kappa shape index (κ2) is 10.5. The standard InChI is InChI=1S/C17H22ClN7O3.ClH/c1-24-9-11(6-12(24)16(27)21-4-3-14(19)20)23-17(28)13-5-10(8-25(13)2)22-15(26)7-18;/h5-6,8-9H,3-4,7H2,1-2H3,(H3,19,20)(H,21,27)(H,22,26)(H,23,28);1H. The second-order valence-electron chi connectivity index (χ2n) is 6.17. The van der Waals surface area contributed by atoms with E-state index < -0.39 is 5.91 Å². The number of rotatable bonds is 8. The first-order valence-corrected chi connectivity index (χ1v) is 8.89. The maximum Gasteiger partial charge on any atom is 0.272 e. The molecule has 0 spiro atoms. The van der Waals surface area contributed by atoms with Crippen molar-refractivity contribution in [2.75, 3.05) is 23.1 Å². The molecule has 0 bridgehead atoms. The number of alkyl halides is 1. The molecule has 3 amide bonds. The van der Waals surface area contributed by atoms with Gasteiger partial charge in [-0.25, -0.2) is 0 Å². The Kier molecular flexibility index (Phi) is 8.74. The predicted octanol–water partition coefficient (Wildman–Crippen LogP) is -3.97. The molecule has 0 aliphatic heterocycles. The normalized spacial score (nSPS) is 10.0. The summed E-state index contributed by atoms with van der Waals surface area (Å²) < 4.78 is 3.17. The summed E-state index contributed by atoms with van der Waals surface area (Å²) in [4.78, 5) is 36.1. The number of hydrogen-bond acceptors (Lipinski definition) is 3. The highest BCUT2D eigenvalue weighted by Gasteiger charge is 2.16. The lowest BCUT2D eigenvalue weighted by molar-refractivity contribution is -0.118. The number of aryl methyl sites for hydroxylation is 2. The number of hydrogen-bond donors (Lipinski definition) is 5. The fourth-order valence-corrected chi connectivity index (χ4v) is 2.58. The summed E-state index contributed by atoms with van der Waals surface area (Å²) in [6, 6.07) is 3.09. The van der Waals surface area contributed by atoms with Crippen LogP contribution in [0, 0.1) is 0 Å². The van der Waals surface area contributed by atoms with E-state index in [4.69, 9.17) is 22.7 Å². The van der Waals surface area contributed by atoms with Gasteiger partial charge >= 0.3 is 0 Å². The van der Waals surface area contributed by atoms with Crippen LogP contribution in [-0.2, 0) is 18.9 Å². The molecule has 29 heavy (non-hydrogen) atoms. The zero-order valence-electron chi connectivity index (χ0n) is 16.0. The number of carbonyl (C=O) groups excluding carboxylic acids is 3. The van der Waals surface area contributed by atoms with E-state index in [9.17, 15) is 14.4 Å². The Bertz CT molecular complexity index is 920. The van der Waals surface area contributed by atoms with Crippen molar-refractivity contribution in [1.82, 2.24) is 14.5 Å². The molecule has 0 radical (unpaired) electrons. The number of aromatic nitrogens is 2. The van der Waals surface area contributed by atoms with Crippen LogP contribution in [0.15, 0.2) is 24.5 Å². The van der Waals surface area contributed by atoms with E-state index in [-0.39, 0.29) is 35.9 Å². The van der Waals surface area contributed by atoms with E-state index in [1.807, 2.05) is 0 Å². The molecule has 0 unspecified atom stereocenters. The minimum absolute atomic E-state index is 0. The van der Waals surface area contributed by atoms with Gasteiger partial charge in [-0.3, -0.25) is 25.5 Å². The topological polar surface area (TPSA) is 149 Å². The van der Waals surface area contributed by atoms with Gasteiger partial charge in [-0.05, 0) is 12.1 Å². The molecule has 2 aromatic heterocycles. The molecule has 0 saturated carbocycles. The van der Waals surface area contributed by atoms with E-state index in [0.29, 0.717) is 35.7 Å². The van der Waals surface area contributed by atoms with Crippen molar-refractivity contribution in [2.24, 2.45) is 19.8 Å². The molecule has 0 aromatic carbocycles. The minimum atomic E-state index is -0.392. The second-order valence-corrected chi connectivity index (χ2v) is 6.43. The van der Waals surface area contributed by atoms with Gasteiger partial charge in [-0.15, -0.1) is 11.6 Å². The molecule has 10 nitrogen and oxygen atoms in total. The maximum absolute atomic E-state index is 12.5. The predicted molar refractivity (Wildman–Crippen MR) is 106 cm³/mol. The Hall–Kier alpha value is -2.98. The highest BCUT2D eigenvalue weighted by Crippen LogP contribution is 2.17. The summed E-state index contributed by atoms with van der Waals surface area (Å²) in [5.74, 6) is -1.01. The third-order valence-electron chi connectivity index (χ3n) is 3.84. The molecule has 0 saturated heterocycles. The average molecular weight is 444 g/mol. The zero-order chi connectivity index (χ0) is 20.8. The van der Waals surface area contributed by atoms with Crippen LogP contribution in [0.3, 0.4) is 0 Å². The van der Waals surface area contributed by atoms with Gasteiger partial charge in [0.25, 0.3) is 11.8 Å². The van der Waals surface area contributed by atoms with Crippen molar-refractivity contribution in [2.45, 2.75) is 6.42 Å². The van der Waals surface area contributed by atoms with Crippen LogP contribution in [0.1, 0.15) is 27.4 Å². The van der Waals surface area contributed by atoms with Gasteiger partial charge in [-0.2, -0.15) is 0 Å². The third kappa shape index (κ3) is 6.54. The van der Waals surface area contributed by atoms with Crippen molar-refractivity contribution in [3.05, 3.63) is 35.9 Å². The highest BCUT2D eigenvalue weighted by molar-refractivity contribution is 6.29. The van der Waals surface area contributed by atoms with Gasteiger partial charge in [0.15, 0.2) is 0 Å². The summed E-state index contributed by atoms with van der Waals surface area (Å²) in [6.45, 7) is 0.314. The lowest BCUT2D eigenvalue weighted by atomic mass is 10.3. The van der Waals surface area contributed by atoms with E-state index in [0.717, 1.165) is 0 Å². The maximum atomic E-state index is 12.5. The third-order valence-corrected chi connectivity index (χ3v) is 4.08. The first-order valence-electron chi connectivity index (χ1n) is 8.36. The van der Waals surface area contributed by atoms with Crippen LogP contribution >= 0.6 is 11.6 Å². The van der Waals surface area contributed by atoms with Crippen LogP contribution < -0.4 is 39.5 Å². The van der Waals surface area contributed by atoms with Gasteiger partial charge in [-0.1, -0.05) is 0 Å². The first kappa shape index (κ1) is 24.1. The molecule has 0 aliphatic rings. The first-order chi connectivity index (χ1) is 13.2. The van der Waals surface area contributed by atoms with Gasteiger partial charge in [0.1, 0.15) is 17.3 Å². The van der Waals surface area contributed by atoms with Crippen LogP contribution in [-0.4, -0.2) is 45.1 Å². The minimum Gasteiger partial charge on any atom is -1.00 e. The van der Waals surface area contributed by atoms with Crippen molar-refractivity contribution in [3.8, 4) is 0 Å². The lowest BCUT2D eigenvalue weighted by Crippen LogP contribution is -3.00. The highest BCUT2D eigenvalue weighted by atomic mass is 35.5. The van der Waals surface area contributed by atoms with Gasteiger partial charge < -0.3 is 37.5 Å². The monoisotopic (exact) mass is 443 g/mol. The van der Waals surface area contributed by atoms with Crippen LogP contribution in [0.2, 0.25) is 0 Å². The van der Waals surface area contributed by atoms with Crippen molar-refractivity contribution in [1.29, 1.82) is 0 Å². The summed E-state index contributed by atoms with van der Waals surface area (Å²) in [5, 5.41) is 13.4. The number of amides is 3. The van der Waals surface area contributed by atoms with Crippen LogP contribution in [0.5, 0.6) is 0 Å². The summed E-state index contributed by atoms with van der Waals surface area (Å²) in [5.41, 5.74) is 6.98. The summed E-state index contributed by atoms with van der Waals surface area (Å²) >= 11 is 5.46. The van der Waals surface area contributed by atoms with E-state index >= 15 is 0 Å². The zero-order valence-corrected chi connectivity index (χ0v) is 17.5. The number of nitrogens with one attached hydrogen (secondary N) is 3. The lowest BCUT2D eigenvalue weighted by Gasteiger charge is -2.03. The number of carbonyl (C=O) groups is 3. The number of anilines is 2. The molecule has 2 aromatic rings. The van der Waals surface area contributed by atoms with Crippen molar-refractivity contribution < 1.29 is 32.2 Å². The summed E-state index contributed by atoms with van der Waals surface area (Å²) in [7, 11) is 3.37. The van der Waals surface area contributed by atoms with Crippen molar-refractivity contribution in [3.63, 3.8) is 0 Å². The molecular weight excluding hydrogens is 421 g/mol. The van der Waals surface area contributed by atoms with Gasteiger partial charge in [0.2, 0.25) is 11.7 Å². The molecule has 7 N–H and O–H groups in total. The Labute approximate surface area is 178 Å². The van der Waals surface area contributed by atoms with Crippen LogP contribution in [0.4, 0.5) is 11.4 Å². The average Bonchev–Trinajstić information content (AvgIpc) is 3.16. The SMILES string of the molecule is Cn1cc(NC(=O)c2cc(NC(=O)CCl)cn2C)cc1C(=O)NCCC(N)=[NH2+].[Cl-]. The Morgan fingerprint density at radius 1 is 1.03 bits per heavy atom. The molecule has 0 fully saturated rings. The number of halogens is 2. The van der Waals surface area contributed by atoms with Crippen LogP contribution in [0.25, 0.3) is 0 Å². The van der Waals surface area contributed by atoms with E-state index in [1.54, 1.807) is 41.7 Å². The van der Waals surface area contributed by atoms with E-state index in [2.05, 4.69) is 16.0 Å². The van der Waals surface area contributed by atoms with Crippen molar-refractivity contribution >= 4 is 46.5 Å². The smallest absolute Gasteiger partial charge is 0.272 e. The molecule has 2 heterocycles. The Morgan fingerprint density at radius 3 is 2.07 bits per heavy atom. The molecular formula is C17H23Cl2N7O3. The fourth-order valence-electron chi connectivity index (χ4n) is 2.52. The molecule has 2 rings (SSSR count). The number of nitrogens with zero attached hydrogens (tertiary/aromatic N) is 2. The number of amidine groups is 1. The molecule has 0 aliphatic carbocycles. The molecule has 158 valence electrons. The fraction of sp³-hybridized carbons (Fsp3) is 0.294. The largest absolute Gasteiger partial charge is 1.00 e. The molecule has 12 heteroatoms. The molecule has 0 atom stereocenters. The van der Waals surface area contributed by atoms with Gasteiger partial charge in [0, 0.05) is 33.0 Å². The Morgan fingerprint density at radius 2 is 1.55 bits per heavy atom. The van der Waals surface area contributed by atoms with E-state index in [1.165, 1.54) is 6.07 Å². The van der Waals surface area contributed by atoms with Gasteiger partial charge in [0.05, 0.1) is 17.8 Å². The summed E-state index contributed by atoms with van der Waals surface area (Å²) in [6.07, 6.45) is 3.59. The Balaban J connectivity index is 0.00000420.